The van der Waals surface area contributed by atoms with Crippen LogP contribution in [0.1, 0.15) is 27.2 Å². The summed E-state index contributed by atoms with van der Waals surface area (Å²) >= 11 is 0. The standard InChI is InChI=1S/C10H18FN/c1-8(2)12-6-4-5-10(11)7-9(12)3/h4-5,8-10H,6-7H2,1-3H3. The zero-order chi connectivity index (χ0) is 9.14. The lowest BCUT2D eigenvalue weighted by atomic mass is 10.1. The average Bonchev–Trinajstić information content (AvgIpc) is 2.10. The lowest BCUT2D eigenvalue weighted by Gasteiger charge is -2.30. The van der Waals surface area contributed by atoms with E-state index in [1.807, 2.05) is 6.08 Å². The van der Waals surface area contributed by atoms with Gasteiger partial charge in [-0.05, 0) is 27.2 Å². The van der Waals surface area contributed by atoms with E-state index in [1.54, 1.807) is 6.08 Å². The Balaban J connectivity index is 2.59. The number of halogens is 1. The van der Waals surface area contributed by atoms with Crippen LogP contribution in [0.5, 0.6) is 0 Å². The smallest absolute Gasteiger partial charge is 0.120 e. The van der Waals surface area contributed by atoms with Gasteiger partial charge in [0.1, 0.15) is 6.17 Å². The van der Waals surface area contributed by atoms with Crippen molar-refractivity contribution in [3.8, 4) is 0 Å². The van der Waals surface area contributed by atoms with Crippen molar-refractivity contribution in [2.24, 2.45) is 0 Å². The quantitative estimate of drug-likeness (QED) is 0.547. The number of hydrogen-bond acceptors (Lipinski definition) is 1. The fraction of sp³-hybridized carbons (Fsp3) is 0.800. The maximum Gasteiger partial charge on any atom is 0.120 e. The molecular formula is C10H18FN. The summed E-state index contributed by atoms with van der Waals surface area (Å²) in [6.07, 6.45) is 3.51. The van der Waals surface area contributed by atoms with Crippen LogP contribution in [-0.4, -0.2) is 29.7 Å². The van der Waals surface area contributed by atoms with Gasteiger partial charge >= 0.3 is 0 Å². The highest BCUT2D eigenvalue weighted by molar-refractivity contribution is 4.97. The summed E-state index contributed by atoms with van der Waals surface area (Å²) in [6, 6.07) is 0.866. The highest BCUT2D eigenvalue weighted by atomic mass is 19.1. The lowest BCUT2D eigenvalue weighted by Crippen LogP contribution is -2.38. The van der Waals surface area contributed by atoms with Gasteiger partial charge in [-0.25, -0.2) is 4.39 Å². The van der Waals surface area contributed by atoms with E-state index in [-0.39, 0.29) is 0 Å². The van der Waals surface area contributed by atoms with Gasteiger partial charge in [0.25, 0.3) is 0 Å². The molecule has 1 nitrogen and oxygen atoms in total. The largest absolute Gasteiger partial charge is 0.294 e. The minimum Gasteiger partial charge on any atom is -0.294 e. The maximum atomic E-state index is 13.0. The summed E-state index contributed by atoms with van der Waals surface area (Å²) in [7, 11) is 0. The van der Waals surface area contributed by atoms with Crippen molar-refractivity contribution in [1.82, 2.24) is 4.90 Å². The molecule has 0 aliphatic carbocycles. The van der Waals surface area contributed by atoms with Crippen molar-refractivity contribution in [2.75, 3.05) is 6.54 Å². The summed E-state index contributed by atoms with van der Waals surface area (Å²) in [5.41, 5.74) is 0. The fourth-order valence-electron chi connectivity index (χ4n) is 1.77. The number of alkyl halides is 1. The topological polar surface area (TPSA) is 3.24 Å². The zero-order valence-corrected chi connectivity index (χ0v) is 8.13. The molecule has 0 fully saturated rings. The van der Waals surface area contributed by atoms with Crippen LogP contribution in [0.3, 0.4) is 0 Å². The van der Waals surface area contributed by atoms with Gasteiger partial charge in [0.2, 0.25) is 0 Å². The second kappa shape index (κ2) is 4.04. The Bertz CT molecular complexity index is 165. The molecule has 2 unspecified atom stereocenters. The van der Waals surface area contributed by atoms with Crippen LogP contribution in [0, 0.1) is 0 Å². The van der Waals surface area contributed by atoms with Gasteiger partial charge in [0, 0.05) is 18.6 Å². The highest BCUT2D eigenvalue weighted by Crippen LogP contribution is 2.16. The molecule has 0 radical (unpaired) electrons. The summed E-state index contributed by atoms with van der Waals surface area (Å²) in [6.45, 7) is 7.30. The van der Waals surface area contributed by atoms with Gasteiger partial charge in [0.05, 0.1) is 0 Å². The van der Waals surface area contributed by atoms with Gasteiger partial charge in [-0.3, -0.25) is 4.90 Å². The normalized spacial score (nSPS) is 32.4. The van der Waals surface area contributed by atoms with Crippen LogP contribution < -0.4 is 0 Å². The van der Waals surface area contributed by atoms with Crippen LogP contribution in [0.2, 0.25) is 0 Å². The van der Waals surface area contributed by atoms with Crippen LogP contribution in [-0.2, 0) is 0 Å². The van der Waals surface area contributed by atoms with E-state index in [1.165, 1.54) is 0 Å². The third-order valence-electron chi connectivity index (χ3n) is 2.46. The first-order valence-electron chi connectivity index (χ1n) is 4.67. The molecule has 2 heteroatoms. The van der Waals surface area contributed by atoms with E-state index >= 15 is 0 Å². The van der Waals surface area contributed by atoms with E-state index in [2.05, 4.69) is 25.7 Å². The number of rotatable bonds is 1. The second-order valence-corrected chi connectivity index (χ2v) is 3.82. The van der Waals surface area contributed by atoms with Crippen molar-refractivity contribution in [3.05, 3.63) is 12.2 Å². The fourth-order valence-corrected chi connectivity index (χ4v) is 1.77. The Morgan fingerprint density at radius 1 is 1.50 bits per heavy atom. The molecule has 0 spiro atoms. The number of allylic oxidation sites excluding steroid dienone is 1. The molecule has 0 N–H and O–H groups in total. The molecule has 1 aliphatic rings. The minimum absolute atomic E-state index is 0.356. The highest BCUT2D eigenvalue weighted by Gasteiger charge is 2.21. The molecule has 0 aromatic carbocycles. The van der Waals surface area contributed by atoms with Crippen LogP contribution in [0.4, 0.5) is 4.39 Å². The van der Waals surface area contributed by atoms with Gasteiger partial charge in [-0.1, -0.05) is 12.2 Å². The molecule has 1 heterocycles. The summed E-state index contributed by atoms with van der Waals surface area (Å²) in [5.74, 6) is 0. The summed E-state index contributed by atoms with van der Waals surface area (Å²) in [4.78, 5) is 2.32. The first kappa shape index (κ1) is 9.72. The Kier molecular flexibility index (Phi) is 3.27. The third kappa shape index (κ3) is 2.31. The van der Waals surface area contributed by atoms with E-state index in [9.17, 15) is 4.39 Å². The average molecular weight is 171 g/mol. The van der Waals surface area contributed by atoms with E-state index in [0.717, 1.165) is 6.54 Å². The van der Waals surface area contributed by atoms with Crippen molar-refractivity contribution < 1.29 is 4.39 Å². The predicted octanol–water partition coefficient (Wildman–Crippen LogP) is 2.38. The predicted molar refractivity (Wildman–Crippen MR) is 50.0 cm³/mol. The van der Waals surface area contributed by atoms with E-state index in [0.29, 0.717) is 18.5 Å². The Labute approximate surface area is 74.3 Å². The molecule has 1 rings (SSSR count). The van der Waals surface area contributed by atoms with E-state index < -0.39 is 6.17 Å². The van der Waals surface area contributed by atoms with Crippen molar-refractivity contribution in [1.29, 1.82) is 0 Å². The van der Waals surface area contributed by atoms with Crippen molar-refractivity contribution in [2.45, 2.75) is 45.4 Å². The molecule has 70 valence electrons. The molecule has 0 saturated carbocycles. The summed E-state index contributed by atoms with van der Waals surface area (Å²) < 4.78 is 13.0. The molecule has 0 aromatic rings. The first-order valence-corrected chi connectivity index (χ1v) is 4.67. The first-order chi connectivity index (χ1) is 5.61. The minimum atomic E-state index is -0.747. The third-order valence-corrected chi connectivity index (χ3v) is 2.46. The van der Waals surface area contributed by atoms with Gasteiger partial charge in [-0.15, -0.1) is 0 Å². The van der Waals surface area contributed by atoms with Gasteiger partial charge < -0.3 is 0 Å². The maximum absolute atomic E-state index is 13.0. The molecule has 0 aromatic heterocycles. The second-order valence-electron chi connectivity index (χ2n) is 3.82. The molecule has 0 saturated heterocycles. The van der Waals surface area contributed by atoms with Gasteiger partial charge in [0.15, 0.2) is 0 Å². The molecule has 1 aliphatic heterocycles. The number of hydrogen-bond donors (Lipinski definition) is 0. The molecule has 0 amide bonds. The van der Waals surface area contributed by atoms with Crippen molar-refractivity contribution in [3.63, 3.8) is 0 Å². The molecule has 2 atom stereocenters. The van der Waals surface area contributed by atoms with Gasteiger partial charge in [-0.2, -0.15) is 0 Å². The molecule has 12 heavy (non-hydrogen) atoms. The van der Waals surface area contributed by atoms with Crippen LogP contribution >= 0.6 is 0 Å². The summed E-state index contributed by atoms with van der Waals surface area (Å²) in [5, 5.41) is 0. The molecule has 0 bridgehead atoms. The van der Waals surface area contributed by atoms with Crippen LogP contribution in [0.25, 0.3) is 0 Å². The zero-order valence-electron chi connectivity index (χ0n) is 8.13. The van der Waals surface area contributed by atoms with Crippen LogP contribution in [0.15, 0.2) is 12.2 Å². The number of nitrogens with zero attached hydrogens (tertiary/aromatic N) is 1. The molecular weight excluding hydrogens is 153 g/mol. The monoisotopic (exact) mass is 171 g/mol. The Morgan fingerprint density at radius 3 is 2.75 bits per heavy atom. The SMILES string of the molecule is CC(C)N1CC=CC(F)CC1C. The Hall–Kier alpha value is -0.370. The van der Waals surface area contributed by atoms with Crippen molar-refractivity contribution >= 4 is 0 Å². The Morgan fingerprint density at radius 2 is 2.17 bits per heavy atom. The lowest BCUT2D eigenvalue weighted by molar-refractivity contribution is 0.163. The van der Waals surface area contributed by atoms with E-state index in [4.69, 9.17) is 0 Å².